The number of methoxy groups -OCH3 is 1. The van der Waals surface area contributed by atoms with Crippen LogP contribution in [-0.2, 0) is 10.0 Å². The van der Waals surface area contributed by atoms with Crippen molar-refractivity contribution in [2.75, 3.05) is 38.2 Å². The second-order valence-electron chi connectivity index (χ2n) is 6.15. The minimum Gasteiger partial charge on any atom is -0.497 e. The SMILES string of the molecule is COc1ccc(S(=O)(=O)N2CCN(c3nc4c(F)cccc4s3)CC2)cc1. The summed E-state index contributed by atoms with van der Waals surface area (Å²) in [6, 6.07) is 11.3. The number of thiazole rings is 1. The maximum atomic E-state index is 13.9. The summed E-state index contributed by atoms with van der Waals surface area (Å²) in [5.41, 5.74) is 0.366. The van der Waals surface area contributed by atoms with Crippen LogP contribution in [-0.4, -0.2) is 51.0 Å². The lowest BCUT2D eigenvalue weighted by atomic mass is 10.3. The lowest BCUT2D eigenvalue weighted by Gasteiger charge is -2.33. The van der Waals surface area contributed by atoms with E-state index in [-0.39, 0.29) is 10.7 Å². The molecule has 0 radical (unpaired) electrons. The maximum Gasteiger partial charge on any atom is 0.243 e. The molecule has 1 aliphatic heterocycles. The van der Waals surface area contributed by atoms with Crippen LogP contribution in [0.15, 0.2) is 47.4 Å². The molecular weight excluding hydrogens is 389 g/mol. The van der Waals surface area contributed by atoms with E-state index in [1.807, 2.05) is 11.0 Å². The molecule has 0 atom stereocenters. The molecular formula is C18H18FN3O3S2. The molecule has 0 spiro atoms. The van der Waals surface area contributed by atoms with E-state index in [4.69, 9.17) is 4.74 Å². The molecule has 4 rings (SSSR count). The van der Waals surface area contributed by atoms with Crippen molar-refractivity contribution < 1.29 is 17.5 Å². The number of nitrogens with zero attached hydrogens (tertiary/aromatic N) is 3. The van der Waals surface area contributed by atoms with Crippen molar-refractivity contribution in [1.29, 1.82) is 0 Å². The fourth-order valence-electron chi connectivity index (χ4n) is 3.05. The first-order valence-corrected chi connectivity index (χ1v) is 10.7. The number of hydrogen-bond acceptors (Lipinski definition) is 6. The molecule has 142 valence electrons. The summed E-state index contributed by atoms with van der Waals surface area (Å²) >= 11 is 1.42. The van der Waals surface area contributed by atoms with Crippen molar-refractivity contribution in [3.63, 3.8) is 0 Å². The fraction of sp³-hybridized carbons (Fsp3) is 0.278. The van der Waals surface area contributed by atoms with Gasteiger partial charge in [0.05, 0.1) is 16.7 Å². The van der Waals surface area contributed by atoms with Crippen molar-refractivity contribution in [2.24, 2.45) is 0 Å². The third-order valence-electron chi connectivity index (χ3n) is 4.56. The topological polar surface area (TPSA) is 62.7 Å². The van der Waals surface area contributed by atoms with Crippen molar-refractivity contribution in [1.82, 2.24) is 9.29 Å². The molecule has 1 aliphatic rings. The highest BCUT2D eigenvalue weighted by atomic mass is 32.2. The van der Waals surface area contributed by atoms with Gasteiger partial charge in [-0.2, -0.15) is 4.31 Å². The second-order valence-corrected chi connectivity index (χ2v) is 9.10. The first-order valence-electron chi connectivity index (χ1n) is 8.43. The van der Waals surface area contributed by atoms with E-state index in [9.17, 15) is 12.8 Å². The predicted octanol–water partition coefficient (Wildman–Crippen LogP) is 2.95. The Balaban J connectivity index is 1.49. The molecule has 1 fully saturated rings. The van der Waals surface area contributed by atoms with Crippen LogP contribution >= 0.6 is 11.3 Å². The Kier molecular flexibility index (Phi) is 4.75. The lowest BCUT2D eigenvalue weighted by molar-refractivity contribution is 0.384. The zero-order valence-corrected chi connectivity index (χ0v) is 16.3. The molecule has 2 heterocycles. The van der Waals surface area contributed by atoms with Crippen LogP contribution in [0.5, 0.6) is 5.75 Å². The Morgan fingerprint density at radius 2 is 1.78 bits per heavy atom. The number of rotatable bonds is 4. The summed E-state index contributed by atoms with van der Waals surface area (Å²) in [6.45, 7) is 1.73. The van der Waals surface area contributed by atoms with Gasteiger partial charge in [-0.25, -0.2) is 17.8 Å². The van der Waals surface area contributed by atoms with Crippen LogP contribution in [0.25, 0.3) is 10.2 Å². The predicted molar refractivity (Wildman–Crippen MR) is 104 cm³/mol. The maximum absolute atomic E-state index is 13.9. The smallest absolute Gasteiger partial charge is 0.243 e. The molecule has 0 aliphatic carbocycles. The normalized spacial score (nSPS) is 16.0. The standard InChI is InChI=1S/C18H18FN3O3S2/c1-25-13-5-7-14(8-6-13)27(23,24)22-11-9-21(10-12-22)18-20-17-15(19)3-2-4-16(17)26-18/h2-8H,9-12H2,1H3. The molecule has 0 amide bonds. The lowest BCUT2D eigenvalue weighted by Crippen LogP contribution is -2.48. The average Bonchev–Trinajstić information content (AvgIpc) is 3.14. The molecule has 3 aromatic rings. The number of aromatic nitrogens is 1. The van der Waals surface area contributed by atoms with Gasteiger partial charge in [-0.1, -0.05) is 17.4 Å². The summed E-state index contributed by atoms with van der Waals surface area (Å²) in [4.78, 5) is 6.64. The van der Waals surface area contributed by atoms with Crippen molar-refractivity contribution in [3.8, 4) is 5.75 Å². The Morgan fingerprint density at radius 3 is 2.41 bits per heavy atom. The van der Waals surface area contributed by atoms with E-state index in [1.165, 1.54) is 28.8 Å². The van der Waals surface area contributed by atoms with E-state index in [0.717, 1.165) is 9.83 Å². The molecule has 1 saturated heterocycles. The van der Waals surface area contributed by atoms with Crippen LogP contribution in [0.2, 0.25) is 0 Å². The third kappa shape index (κ3) is 3.38. The number of benzene rings is 2. The van der Waals surface area contributed by atoms with Gasteiger partial charge >= 0.3 is 0 Å². The number of para-hydroxylation sites is 1. The van der Waals surface area contributed by atoms with E-state index < -0.39 is 10.0 Å². The molecule has 0 N–H and O–H groups in total. The summed E-state index contributed by atoms with van der Waals surface area (Å²) in [5.74, 6) is 0.276. The summed E-state index contributed by atoms with van der Waals surface area (Å²) in [7, 11) is -2.01. The summed E-state index contributed by atoms with van der Waals surface area (Å²) < 4.78 is 46.8. The van der Waals surface area contributed by atoms with Gasteiger partial charge < -0.3 is 9.64 Å². The monoisotopic (exact) mass is 407 g/mol. The first kappa shape index (κ1) is 18.1. The molecule has 27 heavy (non-hydrogen) atoms. The zero-order chi connectivity index (χ0) is 19.0. The van der Waals surface area contributed by atoms with Gasteiger partial charge in [0.1, 0.15) is 17.1 Å². The largest absolute Gasteiger partial charge is 0.497 e. The summed E-state index contributed by atoms with van der Waals surface area (Å²) in [6.07, 6.45) is 0. The molecule has 0 bridgehead atoms. The molecule has 1 aromatic heterocycles. The fourth-order valence-corrected chi connectivity index (χ4v) is 5.51. The number of hydrogen-bond donors (Lipinski definition) is 0. The van der Waals surface area contributed by atoms with E-state index in [0.29, 0.717) is 37.4 Å². The van der Waals surface area contributed by atoms with E-state index >= 15 is 0 Å². The molecule has 0 unspecified atom stereocenters. The number of ether oxygens (including phenoxy) is 1. The Bertz CT molecular complexity index is 1060. The van der Waals surface area contributed by atoms with Crippen LogP contribution in [0, 0.1) is 5.82 Å². The van der Waals surface area contributed by atoms with Gasteiger partial charge in [0.25, 0.3) is 0 Å². The van der Waals surface area contributed by atoms with Gasteiger partial charge in [-0.05, 0) is 36.4 Å². The van der Waals surface area contributed by atoms with Crippen LogP contribution in [0.4, 0.5) is 9.52 Å². The van der Waals surface area contributed by atoms with Gasteiger partial charge in [0, 0.05) is 26.2 Å². The summed E-state index contributed by atoms with van der Waals surface area (Å²) in [5, 5.41) is 0.719. The van der Waals surface area contributed by atoms with Crippen LogP contribution in [0.3, 0.4) is 0 Å². The highest BCUT2D eigenvalue weighted by Crippen LogP contribution is 2.31. The van der Waals surface area contributed by atoms with E-state index in [1.54, 1.807) is 30.3 Å². The molecule has 2 aromatic carbocycles. The van der Waals surface area contributed by atoms with Crippen LogP contribution < -0.4 is 9.64 Å². The van der Waals surface area contributed by atoms with Crippen molar-refractivity contribution in [2.45, 2.75) is 4.90 Å². The number of fused-ring (bicyclic) bond motifs is 1. The number of anilines is 1. The minimum atomic E-state index is -3.55. The van der Waals surface area contributed by atoms with Crippen LogP contribution in [0.1, 0.15) is 0 Å². The number of halogens is 1. The van der Waals surface area contributed by atoms with Gasteiger partial charge in [0.15, 0.2) is 5.13 Å². The zero-order valence-electron chi connectivity index (χ0n) is 14.6. The Hall–Kier alpha value is -2.23. The number of piperazine rings is 1. The average molecular weight is 407 g/mol. The molecule has 6 nitrogen and oxygen atoms in total. The van der Waals surface area contributed by atoms with Gasteiger partial charge in [0.2, 0.25) is 10.0 Å². The quantitative estimate of drug-likeness (QED) is 0.665. The first-order chi connectivity index (χ1) is 13.0. The highest BCUT2D eigenvalue weighted by Gasteiger charge is 2.29. The molecule has 9 heteroatoms. The Labute approximate surface area is 160 Å². The van der Waals surface area contributed by atoms with Crippen molar-refractivity contribution in [3.05, 3.63) is 48.3 Å². The molecule has 0 saturated carbocycles. The number of sulfonamides is 1. The van der Waals surface area contributed by atoms with Crippen molar-refractivity contribution >= 4 is 36.7 Å². The van der Waals surface area contributed by atoms with Gasteiger partial charge in [-0.3, -0.25) is 0 Å². The minimum absolute atomic E-state index is 0.249. The second kappa shape index (κ2) is 7.06. The van der Waals surface area contributed by atoms with E-state index in [2.05, 4.69) is 4.98 Å². The highest BCUT2D eigenvalue weighted by molar-refractivity contribution is 7.89. The Morgan fingerprint density at radius 1 is 1.07 bits per heavy atom. The van der Waals surface area contributed by atoms with Gasteiger partial charge in [-0.15, -0.1) is 0 Å². The third-order valence-corrected chi connectivity index (χ3v) is 7.56.